The highest BCUT2D eigenvalue weighted by Crippen LogP contribution is 2.28. The van der Waals surface area contributed by atoms with Crippen molar-refractivity contribution < 1.29 is 23.0 Å². The molecule has 0 amide bonds. The summed E-state index contributed by atoms with van der Waals surface area (Å²) >= 11 is 0. The molecular weight excluding hydrogens is 211 g/mol. The summed E-state index contributed by atoms with van der Waals surface area (Å²) in [6, 6.07) is 3.41. The predicted octanol–water partition coefficient (Wildman–Crippen LogP) is 2.22. The number of alkyl halides is 3. The first-order valence-corrected chi connectivity index (χ1v) is 4.13. The molecule has 0 aliphatic rings. The third-order valence-corrected chi connectivity index (χ3v) is 1.74. The second kappa shape index (κ2) is 3.98. The molecule has 6 heteroatoms. The van der Waals surface area contributed by atoms with Crippen molar-refractivity contribution in [1.29, 1.82) is 0 Å². The van der Waals surface area contributed by atoms with Gasteiger partial charge in [0.2, 0.25) is 0 Å². The first kappa shape index (κ1) is 11.6. The molecule has 3 nitrogen and oxygen atoms in total. The van der Waals surface area contributed by atoms with Crippen molar-refractivity contribution in [2.75, 3.05) is 5.73 Å². The van der Waals surface area contributed by atoms with Crippen LogP contribution < -0.4 is 10.5 Å². The van der Waals surface area contributed by atoms with E-state index in [2.05, 4.69) is 4.74 Å². The maximum atomic E-state index is 11.9. The summed E-state index contributed by atoms with van der Waals surface area (Å²) in [5.41, 5.74) is 5.88. The smallest absolute Gasteiger partial charge is 0.406 e. The van der Waals surface area contributed by atoms with E-state index in [-0.39, 0.29) is 11.3 Å². The molecule has 0 aliphatic carbocycles. The molecule has 1 rings (SSSR count). The fraction of sp³-hybridized carbons (Fsp3) is 0.333. The van der Waals surface area contributed by atoms with Gasteiger partial charge >= 0.3 is 6.36 Å². The van der Waals surface area contributed by atoms with Gasteiger partial charge in [-0.25, -0.2) is 0 Å². The van der Waals surface area contributed by atoms with Crippen molar-refractivity contribution in [2.45, 2.75) is 19.4 Å². The summed E-state index contributed by atoms with van der Waals surface area (Å²) in [6.45, 7) is 1.41. The number of anilines is 1. The van der Waals surface area contributed by atoms with E-state index in [1.165, 1.54) is 13.0 Å². The number of rotatable bonds is 2. The van der Waals surface area contributed by atoms with Gasteiger partial charge in [-0.15, -0.1) is 13.2 Å². The van der Waals surface area contributed by atoms with Crippen LogP contribution in [0.5, 0.6) is 5.75 Å². The maximum Gasteiger partial charge on any atom is 0.573 e. The van der Waals surface area contributed by atoms with Gasteiger partial charge in [-0.3, -0.25) is 0 Å². The lowest BCUT2D eigenvalue weighted by molar-refractivity contribution is -0.274. The molecule has 0 radical (unpaired) electrons. The molecule has 0 aliphatic heterocycles. The Kier molecular flexibility index (Phi) is 3.09. The summed E-state index contributed by atoms with van der Waals surface area (Å²) < 4.78 is 39.3. The van der Waals surface area contributed by atoms with Crippen LogP contribution in [0.15, 0.2) is 18.2 Å². The van der Waals surface area contributed by atoms with Gasteiger partial charge in [-0.2, -0.15) is 0 Å². The predicted molar refractivity (Wildman–Crippen MR) is 48.2 cm³/mol. The molecule has 0 saturated carbocycles. The maximum absolute atomic E-state index is 11.9. The standard InChI is InChI=1S/C9H10F3NO2/c1-5(14)7-4-6(2-3-8(7)13)15-9(10,11)12/h2-5,14H,13H2,1H3. The van der Waals surface area contributed by atoms with Crippen LogP contribution >= 0.6 is 0 Å². The zero-order chi connectivity index (χ0) is 11.6. The molecule has 0 fully saturated rings. The third-order valence-electron chi connectivity index (χ3n) is 1.74. The largest absolute Gasteiger partial charge is 0.573 e. The SMILES string of the molecule is CC(O)c1cc(OC(F)(F)F)ccc1N. The number of nitrogen functional groups attached to an aromatic ring is 1. The van der Waals surface area contributed by atoms with Crippen molar-refractivity contribution in [2.24, 2.45) is 0 Å². The molecule has 15 heavy (non-hydrogen) atoms. The van der Waals surface area contributed by atoms with E-state index in [0.717, 1.165) is 12.1 Å². The van der Waals surface area contributed by atoms with E-state index in [0.29, 0.717) is 0 Å². The van der Waals surface area contributed by atoms with Crippen LogP contribution in [-0.4, -0.2) is 11.5 Å². The lowest BCUT2D eigenvalue weighted by Gasteiger charge is -2.13. The van der Waals surface area contributed by atoms with Gasteiger partial charge in [-0.05, 0) is 25.1 Å². The monoisotopic (exact) mass is 221 g/mol. The number of nitrogens with two attached hydrogens (primary N) is 1. The van der Waals surface area contributed by atoms with E-state index in [1.807, 2.05) is 0 Å². The minimum Gasteiger partial charge on any atom is -0.406 e. The summed E-state index contributed by atoms with van der Waals surface area (Å²) in [4.78, 5) is 0. The summed E-state index contributed by atoms with van der Waals surface area (Å²) in [7, 11) is 0. The van der Waals surface area contributed by atoms with E-state index in [1.54, 1.807) is 0 Å². The van der Waals surface area contributed by atoms with Gasteiger partial charge in [0, 0.05) is 11.3 Å². The highest BCUT2D eigenvalue weighted by atomic mass is 19.4. The van der Waals surface area contributed by atoms with Gasteiger partial charge in [0.25, 0.3) is 0 Å². The highest BCUT2D eigenvalue weighted by molar-refractivity contribution is 5.51. The fourth-order valence-corrected chi connectivity index (χ4v) is 1.11. The molecule has 1 aromatic carbocycles. The Hall–Kier alpha value is -1.43. The zero-order valence-corrected chi connectivity index (χ0v) is 7.88. The number of hydrogen-bond acceptors (Lipinski definition) is 3. The van der Waals surface area contributed by atoms with E-state index < -0.39 is 18.2 Å². The number of aliphatic hydroxyl groups is 1. The van der Waals surface area contributed by atoms with Crippen LogP contribution in [-0.2, 0) is 0 Å². The van der Waals surface area contributed by atoms with Crippen molar-refractivity contribution in [3.05, 3.63) is 23.8 Å². The quantitative estimate of drug-likeness (QED) is 0.753. The molecule has 0 saturated heterocycles. The Morgan fingerprint density at radius 2 is 2.00 bits per heavy atom. The Labute approximate surface area is 84.3 Å². The first-order chi connectivity index (χ1) is 6.79. The molecule has 1 atom stereocenters. The van der Waals surface area contributed by atoms with Gasteiger partial charge in [0.15, 0.2) is 0 Å². The number of aliphatic hydroxyl groups excluding tert-OH is 1. The first-order valence-electron chi connectivity index (χ1n) is 4.13. The molecule has 0 heterocycles. The molecule has 0 spiro atoms. The third kappa shape index (κ3) is 3.32. The number of ether oxygens (including phenoxy) is 1. The molecule has 3 N–H and O–H groups in total. The van der Waals surface area contributed by atoms with Crippen molar-refractivity contribution in [3.63, 3.8) is 0 Å². The number of hydrogen-bond donors (Lipinski definition) is 2. The van der Waals surface area contributed by atoms with E-state index in [9.17, 15) is 18.3 Å². The molecule has 0 bridgehead atoms. The van der Waals surface area contributed by atoms with Crippen LogP contribution in [0.1, 0.15) is 18.6 Å². The normalized spacial score (nSPS) is 13.7. The number of halogens is 3. The van der Waals surface area contributed by atoms with Gasteiger partial charge in [-0.1, -0.05) is 0 Å². The zero-order valence-electron chi connectivity index (χ0n) is 7.88. The minimum atomic E-state index is -4.74. The van der Waals surface area contributed by atoms with E-state index >= 15 is 0 Å². The summed E-state index contributed by atoms with van der Waals surface area (Å²) in [5.74, 6) is -0.396. The van der Waals surface area contributed by atoms with Gasteiger partial charge < -0.3 is 15.6 Å². The molecule has 84 valence electrons. The topological polar surface area (TPSA) is 55.5 Å². The van der Waals surface area contributed by atoms with Crippen LogP contribution in [0.4, 0.5) is 18.9 Å². The Balaban J connectivity index is 2.98. The van der Waals surface area contributed by atoms with Crippen LogP contribution in [0.2, 0.25) is 0 Å². The number of benzene rings is 1. The van der Waals surface area contributed by atoms with Gasteiger partial charge in [0.1, 0.15) is 5.75 Å². The summed E-state index contributed by atoms with van der Waals surface area (Å²) in [5, 5.41) is 9.21. The average molecular weight is 221 g/mol. The van der Waals surface area contributed by atoms with Crippen LogP contribution in [0.3, 0.4) is 0 Å². The Morgan fingerprint density at radius 3 is 2.47 bits per heavy atom. The van der Waals surface area contributed by atoms with Crippen molar-refractivity contribution in [3.8, 4) is 5.75 Å². The van der Waals surface area contributed by atoms with Crippen LogP contribution in [0, 0.1) is 0 Å². The van der Waals surface area contributed by atoms with Gasteiger partial charge in [0.05, 0.1) is 6.10 Å². The van der Waals surface area contributed by atoms with Crippen molar-refractivity contribution >= 4 is 5.69 Å². The highest BCUT2D eigenvalue weighted by Gasteiger charge is 2.31. The fourth-order valence-electron chi connectivity index (χ4n) is 1.11. The molecular formula is C9H10F3NO2. The van der Waals surface area contributed by atoms with E-state index in [4.69, 9.17) is 5.73 Å². The van der Waals surface area contributed by atoms with Crippen molar-refractivity contribution in [1.82, 2.24) is 0 Å². The minimum absolute atomic E-state index is 0.205. The lowest BCUT2D eigenvalue weighted by Crippen LogP contribution is -2.17. The Bertz CT molecular complexity index is 350. The second-order valence-electron chi connectivity index (χ2n) is 3.01. The lowest BCUT2D eigenvalue weighted by atomic mass is 10.1. The molecule has 1 unspecified atom stereocenters. The Morgan fingerprint density at radius 1 is 1.40 bits per heavy atom. The summed E-state index contributed by atoms with van der Waals surface area (Å²) in [6.07, 6.45) is -5.69. The average Bonchev–Trinajstić information content (AvgIpc) is 2.05. The van der Waals surface area contributed by atoms with Crippen LogP contribution in [0.25, 0.3) is 0 Å². The molecule has 0 aromatic heterocycles. The molecule has 1 aromatic rings. The second-order valence-corrected chi connectivity index (χ2v) is 3.01.